The van der Waals surface area contributed by atoms with E-state index in [1.807, 2.05) is 25.1 Å². The normalized spacial score (nSPS) is 11.1. The van der Waals surface area contributed by atoms with E-state index in [1.54, 1.807) is 24.7 Å². The number of pyridine rings is 2. The van der Waals surface area contributed by atoms with Gasteiger partial charge in [-0.15, -0.1) is 10.2 Å². The Morgan fingerprint density at radius 3 is 3.00 bits per heavy atom. The maximum atomic E-state index is 12.2. The third-order valence-electron chi connectivity index (χ3n) is 3.52. The maximum Gasteiger partial charge on any atom is 0.277 e. The van der Waals surface area contributed by atoms with Crippen LogP contribution < -0.4 is 5.56 Å². The van der Waals surface area contributed by atoms with Crippen molar-refractivity contribution >= 4 is 17.4 Å². The predicted molar refractivity (Wildman–Crippen MR) is 93.3 cm³/mol. The molecule has 0 saturated heterocycles. The van der Waals surface area contributed by atoms with Crippen LogP contribution in [-0.4, -0.2) is 24.6 Å². The Morgan fingerprint density at radius 2 is 2.16 bits per heavy atom. The second-order valence-electron chi connectivity index (χ2n) is 5.42. The molecule has 4 heterocycles. The standard InChI is InChI=1S/C17H13N5O2S/c1-11-4-5-14-19-13(7-15(23)22(14)9-11)10-25-17-21-20-16(24-17)12-3-2-6-18-8-12/h2-9H,10H2,1H3. The molecule has 0 amide bonds. The number of nitrogens with zero attached hydrogens (tertiary/aromatic N) is 5. The summed E-state index contributed by atoms with van der Waals surface area (Å²) < 4.78 is 7.15. The lowest BCUT2D eigenvalue weighted by Crippen LogP contribution is -2.15. The van der Waals surface area contributed by atoms with Crippen LogP contribution in [0, 0.1) is 6.92 Å². The minimum atomic E-state index is -0.106. The van der Waals surface area contributed by atoms with Crippen LogP contribution in [0.2, 0.25) is 0 Å². The number of thioether (sulfide) groups is 1. The Balaban J connectivity index is 1.54. The van der Waals surface area contributed by atoms with E-state index in [1.165, 1.54) is 22.2 Å². The lowest BCUT2D eigenvalue weighted by atomic mass is 10.3. The van der Waals surface area contributed by atoms with Crippen LogP contribution in [0.15, 0.2) is 63.4 Å². The summed E-state index contributed by atoms with van der Waals surface area (Å²) in [7, 11) is 0. The van der Waals surface area contributed by atoms with Crippen molar-refractivity contribution in [2.24, 2.45) is 0 Å². The molecule has 4 aromatic heterocycles. The van der Waals surface area contributed by atoms with Crippen LogP contribution in [-0.2, 0) is 5.75 Å². The van der Waals surface area contributed by atoms with Crippen molar-refractivity contribution in [3.63, 3.8) is 0 Å². The first-order valence-electron chi connectivity index (χ1n) is 7.55. The quantitative estimate of drug-likeness (QED) is 0.523. The molecule has 8 heteroatoms. The molecule has 4 aromatic rings. The van der Waals surface area contributed by atoms with Gasteiger partial charge in [0.2, 0.25) is 5.89 Å². The molecule has 25 heavy (non-hydrogen) atoms. The number of hydrogen-bond donors (Lipinski definition) is 0. The van der Waals surface area contributed by atoms with E-state index in [0.29, 0.717) is 28.2 Å². The van der Waals surface area contributed by atoms with Gasteiger partial charge in [0.25, 0.3) is 10.8 Å². The fourth-order valence-electron chi connectivity index (χ4n) is 2.34. The van der Waals surface area contributed by atoms with Gasteiger partial charge in [0.05, 0.1) is 11.3 Å². The fraction of sp³-hybridized carbons (Fsp3) is 0.118. The van der Waals surface area contributed by atoms with Gasteiger partial charge in [-0.3, -0.25) is 14.2 Å². The molecule has 0 aliphatic heterocycles. The molecule has 4 rings (SSSR count). The molecular formula is C17H13N5O2S. The molecule has 0 unspecified atom stereocenters. The van der Waals surface area contributed by atoms with Crippen molar-refractivity contribution in [3.8, 4) is 11.5 Å². The highest BCUT2D eigenvalue weighted by atomic mass is 32.2. The Kier molecular flexibility index (Phi) is 4.02. The minimum absolute atomic E-state index is 0.106. The lowest BCUT2D eigenvalue weighted by molar-refractivity contribution is 0.465. The van der Waals surface area contributed by atoms with E-state index in [-0.39, 0.29) is 5.56 Å². The average molecular weight is 351 g/mol. The molecule has 0 aliphatic rings. The smallest absolute Gasteiger partial charge is 0.277 e. The second kappa shape index (κ2) is 6.48. The number of rotatable bonds is 4. The summed E-state index contributed by atoms with van der Waals surface area (Å²) in [6.07, 6.45) is 5.12. The molecule has 0 spiro atoms. The van der Waals surface area contributed by atoms with E-state index >= 15 is 0 Å². The predicted octanol–water partition coefficient (Wildman–Crippen LogP) is 2.74. The van der Waals surface area contributed by atoms with E-state index in [0.717, 1.165) is 11.1 Å². The van der Waals surface area contributed by atoms with Crippen molar-refractivity contribution in [2.45, 2.75) is 17.9 Å². The highest BCUT2D eigenvalue weighted by Crippen LogP contribution is 2.24. The molecule has 0 bridgehead atoms. The van der Waals surface area contributed by atoms with Crippen LogP contribution in [0.5, 0.6) is 0 Å². The summed E-state index contributed by atoms with van der Waals surface area (Å²) in [5.74, 6) is 0.881. The zero-order valence-corrected chi connectivity index (χ0v) is 14.1. The van der Waals surface area contributed by atoms with E-state index in [2.05, 4.69) is 20.2 Å². The number of fused-ring (bicyclic) bond motifs is 1. The summed E-state index contributed by atoms with van der Waals surface area (Å²) in [4.78, 5) is 20.7. The van der Waals surface area contributed by atoms with Crippen molar-refractivity contribution in [2.75, 3.05) is 0 Å². The van der Waals surface area contributed by atoms with Crippen molar-refractivity contribution in [3.05, 3.63) is 70.5 Å². The first-order chi connectivity index (χ1) is 12.2. The second-order valence-corrected chi connectivity index (χ2v) is 6.35. The summed E-state index contributed by atoms with van der Waals surface area (Å²) in [5, 5.41) is 8.44. The molecular weight excluding hydrogens is 338 g/mol. The minimum Gasteiger partial charge on any atom is -0.411 e. The monoisotopic (exact) mass is 351 g/mol. The van der Waals surface area contributed by atoms with Crippen LogP contribution in [0.1, 0.15) is 11.3 Å². The summed E-state index contributed by atoms with van der Waals surface area (Å²) in [5.41, 5.74) is 2.95. The third kappa shape index (κ3) is 3.29. The Morgan fingerprint density at radius 1 is 1.24 bits per heavy atom. The fourth-order valence-corrected chi connectivity index (χ4v) is 3.00. The maximum absolute atomic E-state index is 12.2. The summed E-state index contributed by atoms with van der Waals surface area (Å²) in [6.45, 7) is 1.94. The number of hydrogen-bond acceptors (Lipinski definition) is 7. The molecule has 0 atom stereocenters. The molecule has 0 saturated carbocycles. The zero-order valence-electron chi connectivity index (χ0n) is 13.3. The molecule has 0 aromatic carbocycles. The Bertz CT molecular complexity index is 1090. The molecule has 0 fully saturated rings. The first kappa shape index (κ1) is 15.5. The molecule has 124 valence electrons. The molecule has 7 nitrogen and oxygen atoms in total. The number of aryl methyl sites for hydroxylation is 1. The first-order valence-corrected chi connectivity index (χ1v) is 8.53. The Labute approximate surface area is 146 Å². The topological polar surface area (TPSA) is 86.2 Å². The van der Waals surface area contributed by atoms with E-state index in [4.69, 9.17) is 4.42 Å². The lowest BCUT2D eigenvalue weighted by Gasteiger charge is -2.03. The van der Waals surface area contributed by atoms with Gasteiger partial charge >= 0.3 is 0 Å². The van der Waals surface area contributed by atoms with Gasteiger partial charge in [-0.1, -0.05) is 17.8 Å². The van der Waals surface area contributed by atoms with Gasteiger partial charge in [-0.25, -0.2) is 4.98 Å². The zero-order chi connectivity index (χ0) is 17.2. The van der Waals surface area contributed by atoms with Gasteiger partial charge in [-0.2, -0.15) is 0 Å². The van der Waals surface area contributed by atoms with Crippen LogP contribution in [0.25, 0.3) is 17.1 Å². The van der Waals surface area contributed by atoms with Crippen LogP contribution in [0.4, 0.5) is 0 Å². The van der Waals surface area contributed by atoms with E-state index < -0.39 is 0 Å². The molecule has 0 radical (unpaired) electrons. The number of aromatic nitrogens is 5. The summed E-state index contributed by atoms with van der Waals surface area (Å²) >= 11 is 1.34. The van der Waals surface area contributed by atoms with Crippen molar-refractivity contribution < 1.29 is 4.42 Å². The largest absolute Gasteiger partial charge is 0.411 e. The van der Waals surface area contributed by atoms with Crippen molar-refractivity contribution in [1.82, 2.24) is 24.6 Å². The molecule has 0 N–H and O–H groups in total. The van der Waals surface area contributed by atoms with E-state index in [9.17, 15) is 4.79 Å². The van der Waals surface area contributed by atoms with Crippen LogP contribution in [0.3, 0.4) is 0 Å². The van der Waals surface area contributed by atoms with Crippen LogP contribution >= 0.6 is 11.8 Å². The van der Waals surface area contributed by atoms with Crippen molar-refractivity contribution in [1.29, 1.82) is 0 Å². The summed E-state index contributed by atoms with van der Waals surface area (Å²) in [6, 6.07) is 8.94. The van der Waals surface area contributed by atoms with Gasteiger partial charge in [0, 0.05) is 30.4 Å². The van der Waals surface area contributed by atoms with Gasteiger partial charge < -0.3 is 4.42 Å². The van der Waals surface area contributed by atoms with Gasteiger partial charge in [0.1, 0.15) is 5.65 Å². The third-order valence-corrected chi connectivity index (χ3v) is 4.37. The SMILES string of the molecule is Cc1ccc2nc(CSc3nnc(-c4cccnc4)o3)cc(=O)n2c1. The highest BCUT2D eigenvalue weighted by Gasteiger charge is 2.10. The Hall–Kier alpha value is -3.00. The van der Waals surface area contributed by atoms with Gasteiger partial charge in [-0.05, 0) is 30.7 Å². The average Bonchev–Trinajstić information content (AvgIpc) is 3.10. The highest BCUT2D eigenvalue weighted by molar-refractivity contribution is 7.98. The molecule has 0 aliphatic carbocycles. The van der Waals surface area contributed by atoms with Gasteiger partial charge in [0.15, 0.2) is 0 Å².